The number of ether oxygens (including phenoxy) is 1. The van der Waals surface area contributed by atoms with Crippen LogP contribution in [0.25, 0.3) is 0 Å². The number of pyridine rings is 1. The second-order valence-electron chi connectivity index (χ2n) is 7.37. The van der Waals surface area contributed by atoms with Crippen LogP contribution in [0.3, 0.4) is 0 Å². The number of hydrazone groups is 1. The van der Waals surface area contributed by atoms with Gasteiger partial charge in [0.25, 0.3) is 10.0 Å². The molecule has 2 rings (SSSR count). The maximum absolute atomic E-state index is 12.9. The predicted octanol–water partition coefficient (Wildman–Crippen LogP) is 1.38. The van der Waals surface area contributed by atoms with Crippen LogP contribution in [0.15, 0.2) is 34.5 Å². The smallest absolute Gasteiger partial charge is 0.425 e. The molecule has 0 aliphatic carbocycles. The van der Waals surface area contributed by atoms with Gasteiger partial charge in [-0.1, -0.05) is 6.07 Å². The number of rotatable bonds is 4. The maximum Gasteiger partial charge on any atom is 0.425 e. The summed E-state index contributed by atoms with van der Waals surface area (Å²) in [7, 11) is -3.92. The Morgan fingerprint density at radius 2 is 2.07 bits per heavy atom. The SMILES string of the molecule is CC(C)(C)OC(=O)NC1CCCN(S(=O)(=O)c2ccccn2)CC1=NNC(=O)O. The quantitative estimate of drug-likeness (QED) is 0.614. The molecule has 1 aliphatic heterocycles. The Bertz CT molecular complexity index is 866. The van der Waals surface area contributed by atoms with Crippen LogP contribution in [0.4, 0.5) is 9.59 Å². The van der Waals surface area contributed by atoms with Crippen LogP contribution in [0.1, 0.15) is 33.6 Å². The highest BCUT2D eigenvalue weighted by Crippen LogP contribution is 2.18. The minimum absolute atomic E-state index is 0.121. The number of hydrogen-bond acceptors (Lipinski definition) is 7. The molecule has 11 nitrogen and oxygen atoms in total. The molecule has 160 valence electrons. The van der Waals surface area contributed by atoms with Crippen molar-refractivity contribution in [2.24, 2.45) is 5.10 Å². The summed E-state index contributed by atoms with van der Waals surface area (Å²) in [5, 5.41) is 15.2. The van der Waals surface area contributed by atoms with E-state index in [1.807, 2.05) is 5.43 Å². The minimum atomic E-state index is -3.92. The van der Waals surface area contributed by atoms with Crippen LogP contribution in [0.2, 0.25) is 0 Å². The summed E-state index contributed by atoms with van der Waals surface area (Å²) in [5.74, 6) is 0. The number of nitrogens with zero attached hydrogens (tertiary/aromatic N) is 3. The van der Waals surface area contributed by atoms with Gasteiger partial charge >= 0.3 is 12.2 Å². The number of carbonyl (C=O) groups is 2. The standard InChI is InChI=1S/C17H25N5O6S/c1-17(2,3)28-16(25)19-12-7-6-10-22(11-13(12)20-21-15(23)24)29(26,27)14-8-4-5-9-18-14/h4-5,8-9,12,21H,6-7,10-11H2,1-3H3,(H,19,25)(H,23,24). The van der Waals surface area contributed by atoms with Crippen molar-refractivity contribution in [1.29, 1.82) is 0 Å². The predicted molar refractivity (Wildman–Crippen MR) is 104 cm³/mol. The summed E-state index contributed by atoms with van der Waals surface area (Å²) in [6.45, 7) is 5.09. The molecule has 0 aromatic carbocycles. The van der Waals surface area contributed by atoms with Crippen LogP contribution in [0, 0.1) is 0 Å². The third-order valence-electron chi connectivity index (χ3n) is 3.87. The molecule has 12 heteroatoms. The van der Waals surface area contributed by atoms with E-state index in [9.17, 15) is 18.0 Å². The average Bonchev–Trinajstić information content (AvgIpc) is 2.82. The number of carbonyl (C=O) groups excluding carboxylic acids is 1. The Kier molecular flexibility index (Phi) is 7.14. The first-order valence-corrected chi connectivity index (χ1v) is 10.4. The van der Waals surface area contributed by atoms with E-state index in [2.05, 4.69) is 15.4 Å². The van der Waals surface area contributed by atoms with E-state index in [1.54, 1.807) is 32.9 Å². The molecule has 1 aliphatic rings. The molecule has 1 saturated heterocycles. The highest BCUT2D eigenvalue weighted by Gasteiger charge is 2.33. The number of carboxylic acid groups (broad SMARTS) is 1. The number of nitrogens with one attached hydrogen (secondary N) is 2. The molecular formula is C17H25N5O6S. The molecule has 0 saturated carbocycles. The van der Waals surface area contributed by atoms with Gasteiger partial charge in [-0.3, -0.25) is 0 Å². The lowest BCUT2D eigenvalue weighted by molar-refractivity contribution is 0.0516. The first kappa shape index (κ1) is 22.6. The summed E-state index contributed by atoms with van der Waals surface area (Å²) in [4.78, 5) is 26.9. The summed E-state index contributed by atoms with van der Waals surface area (Å²) in [5.41, 5.74) is 1.31. The number of amides is 2. The maximum atomic E-state index is 12.9. The molecule has 1 fully saturated rings. The van der Waals surface area contributed by atoms with Crippen LogP contribution in [0.5, 0.6) is 0 Å². The molecule has 1 unspecified atom stereocenters. The van der Waals surface area contributed by atoms with Gasteiger partial charge in [-0.05, 0) is 45.7 Å². The van der Waals surface area contributed by atoms with Crippen LogP contribution in [-0.4, -0.2) is 65.4 Å². The van der Waals surface area contributed by atoms with Gasteiger partial charge in [0.05, 0.1) is 18.3 Å². The van der Waals surface area contributed by atoms with E-state index in [-0.39, 0.29) is 23.8 Å². The van der Waals surface area contributed by atoms with Gasteiger partial charge in [0, 0.05) is 12.7 Å². The van der Waals surface area contributed by atoms with E-state index in [0.717, 1.165) is 4.31 Å². The summed E-state index contributed by atoms with van der Waals surface area (Å²) >= 11 is 0. The van der Waals surface area contributed by atoms with Gasteiger partial charge in [-0.25, -0.2) is 28.4 Å². The van der Waals surface area contributed by atoms with Gasteiger partial charge in [-0.15, -0.1) is 0 Å². The van der Waals surface area contributed by atoms with E-state index in [0.29, 0.717) is 12.8 Å². The van der Waals surface area contributed by atoms with Crippen molar-refractivity contribution in [3.05, 3.63) is 24.4 Å². The lowest BCUT2D eigenvalue weighted by Gasteiger charge is -2.24. The zero-order chi connectivity index (χ0) is 21.7. The normalized spacial score (nSPS) is 20.0. The average molecular weight is 427 g/mol. The second-order valence-corrected chi connectivity index (χ2v) is 9.25. The zero-order valence-corrected chi connectivity index (χ0v) is 17.3. The third-order valence-corrected chi connectivity index (χ3v) is 5.63. The molecule has 0 spiro atoms. The van der Waals surface area contributed by atoms with Crippen molar-refractivity contribution in [1.82, 2.24) is 20.0 Å². The van der Waals surface area contributed by atoms with Crippen molar-refractivity contribution in [2.75, 3.05) is 13.1 Å². The van der Waals surface area contributed by atoms with E-state index < -0.39 is 33.9 Å². The molecule has 29 heavy (non-hydrogen) atoms. The first-order valence-electron chi connectivity index (χ1n) is 8.95. The Morgan fingerprint density at radius 3 is 2.66 bits per heavy atom. The van der Waals surface area contributed by atoms with Crippen molar-refractivity contribution < 1.29 is 27.9 Å². The summed E-state index contributed by atoms with van der Waals surface area (Å²) in [6, 6.07) is 3.85. The van der Waals surface area contributed by atoms with Gasteiger partial charge in [0.2, 0.25) is 0 Å². The number of hydrogen-bond donors (Lipinski definition) is 3. The van der Waals surface area contributed by atoms with Crippen molar-refractivity contribution in [3.8, 4) is 0 Å². The van der Waals surface area contributed by atoms with Crippen molar-refractivity contribution in [2.45, 2.75) is 50.3 Å². The highest BCUT2D eigenvalue weighted by molar-refractivity contribution is 7.89. The topological polar surface area (TPSA) is 150 Å². The van der Waals surface area contributed by atoms with Crippen LogP contribution in [-0.2, 0) is 14.8 Å². The largest absolute Gasteiger partial charge is 0.464 e. The Labute approximate surface area is 169 Å². The summed E-state index contributed by atoms with van der Waals surface area (Å²) in [6.07, 6.45) is 0.0357. The second kappa shape index (κ2) is 9.18. The fourth-order valence-electron chi connectivity index (χ4n) is 2.68. The fraction of sp³-hybridized carbons (Fsp3) is 0.529. The van der Waals surface area contributed by atoms with Crippen molar-refractivity contribution >= 4 is 27.9 Å². The zero-order valence-electron chi connectivity index (χ0n) is 16.5. The lowest BCUT2D eigenvalue weighted by Crippen LogP contribution is -2.46. The van der Waals surface area contributed by atoms with Gasteiger partial charge < -0.3 is 15.2 Å². The molecule has 1 aromatic rings. The number of aromatic nitrogens is 1. The molecule has 1 aromatic heterocycles. The van der Waals surface area contributed by atoms with Gasteiger partial charge in [0.1, 0.15) is 5.60 Å². The molecule has 2 amide bonds. The van der Waals surface area contributed by atoms with Crippen LogP contribution >= 0.6 is 0 Å². The molecular weight excluding hydrogens is 402 g/mol. The van der Waals surface area contributed by atoms with E-state index >= 15 is 0 Å². The lowest BCUT2D eigenvalue weighted by atomic mass is 10.1. The van der Waals surface area contributed by atoms with E-state index in [4.69, 9.17) is 9.84 Å². The fourth-order valence-corrected chi connectivity index (χ4v) is 4.06. The van der Waals surface area contributed by atoms with Crippen molar-refractivity contribution in [3.63, 3.8) is 0 Å². The van der Waals surface area contributed by atoms with Gasteiger partial charge in [0.15, 0.2) is 5.03 Å². The van der Waals surface area contributed by atoms with Crippen LogP contribution < -0.4 is 10.7 Å². The molecule has 0 bridgehead atoms. The highest BCUT2D eigenvalue weighted by atomic mass is 32.2. The summed E-state index contributed by atoms with van der Waals surface area (Å²) < 4.78 is 32.2. The number of alkyl carbamates (subject to hydrolysis) is 1. The Hall–Kier alpha value is -2.73. The molecule has 1 atom stereocenters. The van der Waals surface area contributed by atoms with Gasteiger partial charge in [-0.2, -0.15) is 9.41 Å². The molecule has 0 radical (unpaired) electrons. The monoisotopic (exact) mass is 427 g/mol. The van der Waals surface area contributed by atoms with E-state index in [1.165, 1.54) is 12.3 Å². The molecule has 3 N–H and O–H groups in total. The minimum Gasteiger partial charge on any atom is -0.464 e. The first-order chi connectivity index (χ1) is 13.5. The Morgan fingerprint density at radius 1 is 1.34 bits per heavy atom. The number of sulfonamides is 1. The molecule has 2 heterocycles. The Balaban J connectivity index is 2.27. The third kappa shape index (κ3) is 6.68.